The zero-order valence-corrected chi connectivity index (χ0v) is 10.9. The molecule has 1 aliphatic heterocycles. The Labute approximate surface area is 103 Å². The van der Waals surface area contributed by atoms with Gasteiger partial charge in [0.05, 0.1) is 0 Å². The molecule has 0 spiro atoms. The molecular weight excluding hydrogens is 214 g/mol. The Kier molecular flexibility index (Phi) is 3.94. The minimum Gasteiger partial charge on any atom is -0.381 e. The third-order valence-corrected chi connectivity index (χ3v) is 3.14. The number of nitrogens with one attached hydrogen (secondary N) is 1. The van der Waals surface area contributed by atoms with Gasteiger partial charge in [-0.2, -0.15) is 0 Å². The molecule has 94 valence electrons. The van der Waals surface area contributed by atoms with Crippen LogP contribution in [-0.2, 0) is 11.2 Å². The van der Waals surface area contributed by atoms with E-state index < -0.39 is 0 Å². The summed E-state index contributed by atoms with van der Waals surface area (Å²) in [5.74, 6) is 2.87. The predicted molar refractivity (Wildman–Crippen MR) is 68.3 cm³/mol. The van der Waals surface area contributed by atoms with Crippen LogP contribution in [-0.4, -0.2) is 30.2 Å². The van der Waals surface area contributed by atoms with Crippen LogP contribution in [0.4, 0.5) is 5.82 Å². The molecule has 4 heteroatoms. The molecule has 0 aliphatic carbocycles. The number of hydrogen-bond acceptors (Lipinski definition) is 4. The van der Waals surface area contributed by atoms with Crippen LogP contribution in [0, 0.1) is 5.92 Å². The van der Waals surface area contributed by atoms with Crippen molar-refractivity contribution in [1.29, 1.82) is 0 Å². The van der Waals surface area contributed by atoms with Crippen molar-refractivity contribution in [3.05, 3.63) is 17.6 Å². The number of anilines is 1. The van der Waals surface area contributed by atoms with Crippen LogP contribution < -0.4 is 5.32 Å². The third-order valence-electron chi connectivity index (χ3n) is 3.14. The molecule has 1 unspecified atom stereocenters. The minimum absolute atomic E-state index is 0.434. The maximum Gasteiger partial charge on any atom is 0.131 e. The standard InChI is InChI=1S/C13H21N3O/c1-9(2)11-7-12(14-3)16-13(15-11)6-10-4-5-17-8-10/h7,9-10H,4-6,8H2,1-3H3,(H,14,15,16). The van der Waals surface area contributed by atoms with Gasteiger partial charge < -0.3 is 10.1 Å². The van der Waals surface area contributed by atoms with Crippen molar-refractivity contribution in [3.63, 3.8) is 0 Å². The first-order chi connectivity index (χ1) is 8.19. The van der Waals surface area contributed by atoms with Crippen molar-refractivity contribution in [3.8, 4) is 0 Å². The molecule has 0 amide bonds. The number of hydrogen-bond donors (Lipinski definition) is 1. The van der Waals surface area contributed by atoms with Gasteiger partial charge >= 0.3 is 0 Å². The second-order valence-electron chi connectivity index (χ2n) is 4.93. The smallest absolute Gasteiger partial charge is 0.131 e. The highest BCUT2D eigenvalue weighted by molar-refractivity contribution is 5.36. The summed E-state index contributed by atoms with van der Waals surface area (Å²) >= 11 is 0. The van der Waals surface area contributed by atoms with Crippen LogP contribution in [0.5, 0.6) is 0 Å². The summed E-state index contributed by atoms with van der Waals surface area (Å²) in [5, 5.41) is 3.11. The molecule has 1 fully saturated rings. The van der Waals surface area contributed by atoms with E-state index in [9.17, 15) is 0 Å². The van der Waals surface area contributed by atoms with Gasteiger partial charge in [0, 0.05) is 38.4 Å². The van der Waals surface area contributed by atoms with Crippen LogP contribution in [0.3, 0.4) is 0 Å². The van der Waals surface area contributed by atoms with Crippen LogP contribution >= 0.6 is 0 Å². The molecule has 0 radical (unpaired) electrons. The Balaban J connectivity index is 2.16. The Hall–Kier alpha value is -1.16. The average molecular weight is 235 g/mol. The second-order valence-corrected chi connectivity index (χ2v) is 4.93. The van der Waals surface area contributed by atoms with Crippen LogP contribution in [0.2, 0.25) is 0 Å². The molecule has 2 rings (SSSR count). The van der Waals surface area contributed by atoms with Crippen molar-refractivity contribution >= 4 is 5.82 Å². The average Bonchev–Trinajstić information content (AvgIpc) is 2.81. The fraction of sp³-hybridized carbons (Fsp3) is 0.692. The molecule has 1 N–H and O–H groups in total. The number of aromatic nitrogens is 2. The normalized spacial score (nSPS) is 19.9. The van der Waals surface area contributed by atoms with Crippen LogP contribution in [0.1, 0.15) is 37.7 Å². The monoisotopic (exact) mass is 235 g/mol. The summed E-state index contributed by atoms with van der Waals surface area (Å²) in [6.07, 6.45) is 2.05. The van der Waals surface area contributed by atoms with Gasteiger partial charge in [-0.25, -0.2) is 9.97 Å². The Bertz CT molecular complexity index is 373. The molecule has 1 aromatic rings. The molecule has 1 atom stereocenters. The van der Waals surface area contributed by atoms with Crippen molar-refractivity contribution in [2.24, 2.45) is 5.92 Å². The van der Waals surface area contributed by atoms with E-state index in [1.807, 2.05) is 13.1 Å². The fourth-order valence-corrected chi connectivity index (χ4v) is 2.04. The predicted octanol–water partition coefficient (Wildman–Crippen LogP) is 2.22. The van der Waals surface area contributed by atoms with E-state index in [1.165, 1.54) is 0 Å². The van der Waals surface area contributed by atoms with Crippen molar-refractivity contribution < 1.29 is 4.74 Å². The van der Waals surface area contributed by atoms with Gasteiger partial charge in [-0.3, -0.25) is 0 Å². The van der Waals surface area contributed by atoms with E-state index in [2.05, 4.69) is 29.1 Å². The van der Waals surface area contributed by atoms with Gasteiger partial charge in [-0.15, -0.1) is 0 Å². The summed E-state index contributed by atoms with van der Waals surface area (Å²) in [4.78, 5) is 9.16. The minimum atomic E-state index is 0.434. The number of rotatable bonds is 4. The summed E-state index contributed by atoms with van der Waals surface area (Å²) in [5.41, 5.74) is 1.11. The fourth-order valence-electron chi connectivity index (χ4n) is 2.04. The molecule has 4 nitrogen and oxygen atoms in total. The third kappa shape index (κ3) is 3.16. The Morgan fingerprint density at radius 1 is 1.47 bits per heavy atom. The maximum absolute atomic E-state index is 5.39. The highest BCUT2D eigenvalue weighted by Gasteiger charge is 2.18. The van der Waals surface area contributed by atoms with Gasteiger partial charge in [-0.05, 0) is 18.3 Å². The molecular formula is C13H21N3O. The van der Waals surface area contributed by atoms with Gasteiger partial charge in [0.1, 0.15) is 11.6 Å². The van der Waals surface area contributed by atoms with E-state index in [-0.39, 0.29) is 0 Å². The molecule has 0 saturated carbocycles. The SMILES string of the molecule is CNc1cc(C(C)C)nc(CC2CCOC2)n1. The molecule has 0 bridgehead atoms. The quantitative estimate of drug-likeness (QED) is 0.869. The lowest BCUT2D eigenvalue weighted by Gasteiger charge is -2.12. The lowest BCUT2D eigenvalue weighted by atomic mass is 10.0. The first-order valence-corrected chi connectivity index (χ1v) is 6.32. The molecule has 1 saturated heterocycles. The van der Waals surface area contributed by atoms with Crippen molar-refractivity contribution in [1.82, 2.24) is 9.97 Å². The summed E-state index contributed by atoms with van der Waals surface area (Å²) < 4.78 is 5.39. The molecule has 17 heavy (non-hydrogen) atoms. The molecule has 2 heterocycles. The molecule has 0 aromatic carbocycles. The highest BCUT2D eigenvalue weighted by atomic mass is 16.5. The van der Waals surface area contributed by atoms with Gasteiger partial charge in [0.2, 0.25) is 0 Å². The first-order valence-electron chi connectivity index (χ1n) is 6.32. The van der Waals surface area contributed by atoms with Gasteiger partial charge in [0.15, 0.2) is 0 Å². The van der Waals surface area contributed by atoms with E-state index >= 15 is 0 Å². The zero-order valence-electron chi connectivity index (χ0n) is 10.9. The molecule has 1 aliphatic rings. The first kappa shape index (κ1) is 12.3. The number of ether oxygens (including phenoxy) is 1. The molecule has 1 aromatic heterocycles. The zero-order chi connectivity index (χ0) is 12.3. The van der Waals surface area contributed by atoms with E-state index in [0.717, 1.165) is 43.4 Å². The lowest BCUT2D eigenvalue weighted by Crippen LogP contribution is -2.10. The topological polar surface area (TPSA) is 47.0 Å². The van der Waals surface area contributed by atoms with Gasteiger partial charge in [-0.1, -0.05) is 13.8 Å². The van der Waals surface area contributed by atoms with E-state index in [1.54, 1.807) is 0 Å². The summed E-state index contributed by atoms with van der Waals surface area (Å²) in [6, 6.07) is 2.03. The van der Waals surface area contributed by atoms with Crippen LogP contribution in [0.15, 0.2) is 6.07 Å². The van der Waals surface area contributed by atoms with E-state index in [0.29, 0.717) is 11.8 Å². The second kappa shape index (κ2) is 5.45. The largest absolute Gasteiger partial charge is 0.381 e. The van der Waals surface area contributed by atoms with Crippen LogP contribution in [0.25, 0.3) is 0 Å². The number of nitrogens with zero attached hydrogens (tertiary/aromatic N) is 2. The highest BCUT2D eigenvalue weighted by Crippen LogP contribution is 2.20. The van der Waals surface area contributed by atoms with Gasteiger partial charge in [0.25, 0.3) is 0 Å². The summed E-state index contributed by atoms with van der Waals surface area (Å²) in [7, 11) is 1.90. The Morgan fingerprint density at radius 2 is 2.29 bits per heavy atom. The van der Waals surface area contributed by atoms with Crippen molar-refractivity contribution in [2.45, 2.75) is 32.6 Å². The maximum atomic E-state index is 5.39. The van der Waals surface area contributed by atoms with E-state index in [4.69, 9.17) is 4.74 Å². The summed E-state index contributed by atoms with van der Waals surface area (Å²) in [6.45, 7) is 6.05. The van der Waals surface area contributed by atoms with Crippen molar-refractivity contribution in [2.75, 3.05) is 25.6 Å². The lowest BCUT2D eigenvalue weighted by molar-refractivity contribution is 0.185. The Morgan fingerprint density at radius 3 is 2.88 bits per heavy atom.